The molecule has 21 nitrogen and oxygen atoms in total. The van der Waals surface area contributed by atoms with Gasteiger partial charge in [0.25, 0.3) is 19.3 Å². The molecule has 3 fully saturated rings. The Kier molecular flexibility index (Phi) is 27.7. The number of hydrogen-bond donors (Lipinski definition) is 0. The van der Waals surface area contributed by atoms with Crippen LogP contribution in [0.2, 0.25) is 0 Å². The van der Waals surface area contributed by atoms with Gasteiger partial charge in [-0.05, 0) is 120 Å². The van der Waals surface area contributed by atoms with Crippen molar-refractivity contribution in [3.8, 4) is 33.8 Å². The van der Waals surface area contributed by atoms with E-state index in [0.29, 0.717) is 70.6 Å². The molecule has 5 aliphatic rings. The SMILES string of the molecule is CC(Cl)Cl.CC1C(=O)N(C)Cc2c(-c3cccc4nc(-c5cnn(C)c5)c(C(F)F)cc34)nc(C3CCOCC3)n21.CC1C(=O)N(C)Cc2c(Br)nc(C3CCOCC3)n21.Cn1cc(-c2nc3cccc(B4OC(C)(C)C(C)(C)O4)c3cc2C(F)F)cn1.O=CO[O-].[H-].[K+].[K+]. The molecule has 0 radical (unpaired) electrons. The van der Waals surface area contributed by atoms with Gasteiger partial charge in [0.2, 0.25) is 11.8 Å². The minimum Gasteiger partial charge on any atom is -1.00 e. The summed E-state index contributed by atoms with van der Waals surface area (Å²) in [6.45, 7) is 17.1. The third kappa shape index (κ3) is 17.2. The van der Waals surface area contributed by atoms with E-state index in [9.17, 15) is 27.2 Å². The molecule has 494 valence electrons. The third-order valence-corrected chi connectivity index (χ3v) is 17.9. The minimum atomic E-state index is -2.71. The van der Waals surface area contributed by atoms with Gasteiger partial charge in [-0.15, -0.1) is 23.2 Å². The van der Waals surface area contributed by atoms with Crippen molar-refractivity contribution < 1.29 is 165 Å². The van der Waals surface area contributed by atoms with Gasteiger partial charge in [-0.25, -0.2) is 37.5 Å². The van der Waals surface area contributed by atoms with E-state index in [-0.39, 0.29) is 162 Å². The first-order valence-electron chi connectivity index (χ1n) is 30.0. The third-order valence-electron chi connectivity index (χ3n) is 17.3. The maximum absolute atomic E-state index is 14.3. The number of likely N-dealkylation sites (N-methyl/N-ethyl adjacent to an activating group) is 2. The van der Waals surface area contributed by atoms with Crippen molar-refractivity contribution in [2.75, 3.05) is 40.5 Å². The van der Waals surface area contributed by atoms with Crippen molar-refractivity contribution >= 4 is 91.8 Å². The summed E-state index contributed by atoms with van der Waals surface area (Å²) >= 11 is 13.6. The number of aryl methyl sites for hydroxylation is 2. The van der Waals surface area contributed by atoms with Gasteiger partial charge in [-0.2, -0.15) is 10.2 Å². The van der Waals surface area contributed by atoms with Gasteiger partial charge < -0.3 is 49.3 Å². The molecule has 94 heavy (non-hydrogen) atoms. The molecule has 2 atom stereocenters. The molecule has 13 rings (SSSR count). The van der Waals surface area contributed by atoms with E-state index in [1.54, 1.807) is 71.9 Å². The second-order valence-corrected chi connectivity index (χ2v) is 26.4. The Hall–Kier alpha value is -3.57. The number of carbonyl (C=O) groups is 3. The summed E-state index contributed by atoms with van der Waals surface area (Å²) < 4.78 is 87.8. The van der Waals surface area contributed by atoms with Gasteiger partial charge in [0.1, 0.15) is 33.2 Å². The number of alkyl halides is 6. The van der Waals surface area contributed by atoms with Crippen LogP contribution in [0.25, 0.3) is 55.6 Å². The largest absolute Gasteiger partial charge is 1.00 e. The molecule has 3 saturated heterocycles. The number of benzene rings is 2. The van der Waals surface area contributed by atoms with Crippen LogP contribution < -0.4 is 113 Å². The fraction of sp³-hybridized carbons (Fsp3) is 0.476. The Balaban J connectivity index is 0.000000218. The molecule has 0 aliphatic carbocycles. The molecule has 6 aromatic heterocycles. The summed E-state index contributed by atoms with van der Waals surface area (Å²) in [5.74, 6) is 2.67. The van der Waals surface area contributed by atoms with Crippen LogP contribution in [0.5, 0.6) is 0 Å². The van der Waals surface area contributed by atoms with Crippen LogP contribution in [0, 0.1) is 0 Å². The second kappa shape index (κ2) is 33.5. The van der Waals surface area contributed by atoms with Crippen LogP contribution in [-0.2, 0) is 65.2 Å². The monoisotopic (exact) mass is 1460 g/mol. The zero-order valence-corrected chi connectivity index (χ0v) is 64.2. The van der Waals surface area contributed by atoms with Gasteiger partial charge in [0.15, 0.2) is 0 Å². The number of rotatable bonds is 9. The fourth-order valence-electron chi connectivity index (χ4n) is 12.0. The summed E-state index contributed by atoms with van der Waals surface area (Å²) in [5, 5.41) is 17.8. The first-order chi connectivity index (χ1) is 43.7. The van der Waals surface area contributed by atoms with E-state index in [1.165, 1.54) is 18.3 Å². The van der Waals surface area contributed by atoms with Gasteiger partial charge >= 0.3 is 110 Å². The first-order valence-corrected chi connectivity index (χ1v) is 31.6. The molecule has 2 amide bonds. The topological polar surface area (TPSA) is 224 Å². The summed E-state index contributed by atoms with van der Waals surface area (Å²) in [7, 11) is 6.46. The molecule has 0 saturated carbocycles. The Labute approximate surface area is 648 Å². The summed E-state index contributed by atoms with van der Waals surface area (Å²) in [6.07, 6.45) is 4.70. The molecule has 11 heterocycles. The first kappa shape index (κ1) is 77.8. The number of fused-ring (bicyclic) bond motifs is 4. The molecule has 0 N–H and O–H groups in total. The van der Waals surface area contributed by atoms with Gasteiger partial charge in [0.05, 0.1) is 76.2 Å². The molecular formula is C63H74BBrCl2F4K2N12O9. The smallest absolute Gasteiger partial charge is 1.00 e. The number of aromatic nitrogens is 10. The van der Waals surface area contributed by atoms with Crippen molar-refractivity contribution in [2.45, 2.75) is 140 Å². The normalized spacial score (nSPS) is 18.4. The average molecular weight is 1460 g/mol. The Morgan fingerprint density at radius 3 is 1.53 bits per heavy atom. The molecule has 31 heteroatoms. The summed E-state index contributed by atoms with van der Waals surface area (Å²) in [6, 6.07) is 13.6. The Morgan fingerprint density at radius 1 is 0.681 bits per heavy atom. The standard InChI is InChI=1S/C27H28F2N6O2.C20H22BF2N3O2.C13H18BrN3O2.C2H4Cl2.CH2O3.2K.H/c1-15-27(36)33(2)14-22-24(32-26(35(15)22)16-7-9-37-10-8-16)18-5-4-6-21-19(18)11-20(25(28)29)23(31-21)17-12-30-34(3)13-17;1-19(2)20(3,4)28-21(27-19)15-7-6-8-16-13(15)9-14(18(22)23)17(25-16)12-10-24-26(5)11-12;1-8-13(18)16(2)7-10-11(14)15-12(17(8)10)9-3-5-19-6-4-9;1-2(3)4;2-1-4-3;;;/h4-6,11-13,15-16,25H,7-10,14H2,1-3H3;6-11,18H,1-5H3;8-9H,3-7H2,1-2H3;2H,1H3;1,3H;;;/q;;;;;2*+1;-1/p-1. The number of amides is 2. The van der Waals surface area contributed by atoms with Crippen LogP contribution >= 0.6 is 39.1 Å². The van der Waals surface area contributed by atoms with Crippen LogP contribution in [0.4, 0.5) is 17.6 Å². The van der Waals surface area contributed by atoms with Crippen molar-refractivity contribution in [2.24, 2.45) is 14.1 Å². The molecule has 0 bridgehead atoms. The van der Waals surface area contributed by atoms with Crippen molar-refractivity contribution in [1.29, 1.82) is 0 Å². The van der Waals surface area contributed by atoms with Crippen molar-refractivity contribution in [1.82, 2.24) is 58.4 Å². The number of hydrogen-bond acceptors (Lipinski definition) is 15. The number of pyridine rings is 2. The number of halogens is 7. The molecule has 2 aromatic carbocycles. The predicted octanol–water partition coefficient (Wildman–Crippen LogP) is 5.17. The number of carbonyl (C=O) groups excluding carboxylic acids is 3. The molecule has 8 aromatic rings. The van der Waals surface area contributed by atoms with Crippen molar-refractivity contribution in [3.63, 3.8) is 0 Å². The van der Waals surface area contributed by atoms with E-state index in [1.807, 2.05) is 78.9 Å². The van der Waals surface area contributed by atoms with Gasteiger partial charge in [0, 0.05) is 117 Å². The van der Waals surface area contributed by atoms with Crippen LogP contribution in [0.1, 0.15) is 147 Å². The fourth-order valence-corrected chi connectivity index (χ4v) is 12.5. The maximum Gasteiger partial charge on any atom is 1.00 e. The van der Waals surface area contributed by atoms with E-state index in [0.717, 1.165) is 77.8 Å². The van der Waals surface area contributed by atoms with E-state index >= 15 is 0 Å². The Morgan fingerprint density at radius 2 is 1.10 bits per heavy atom. The molecular weight excluding hydrogens is 1380 g/mol. The molecule has 0 spiro atoms. The van der Waals surface area contributed by atoms with Crippen LogP contribution in [-0.4, -0.2) is 140 Å². The minimum absolute atomic E-state index is 0. The molecule has 2 unspecified atom stereocenters. The summed E-state index contributed by atoms with van der Waals surface area (Å²) in [4.78, 5) is 58.6. The zero-order chi connectivity index (χ0) is 66.7. The van der Waals surface area contributed by atoms with Gasteiger partial charge in [-0.1, -0.05) is 24.3 Å². The van der Waals surface area contributed by atoms with E-state index in [2.05, 4.69) is 55.1 Å². The number of ether oxygens (including phenoxy) is 2. The number of imidazole rings is 2. The zero-order valence-electron chi connectivity index (χ0n) is 55.9. The van der Waals surface area contributed by atoms with E-state index < -0.39 is 37.2 Å². The van der Waals surface area contributed by atoms with Crippen LogP contribution in [0.15, 0.2) is 77.9 Å². The van der Waals surface area contributed by atoms with Gasteiger partial charge in [-0.3, -0.25) is 23.7 Å². The second-order valence-electron chi connectivity index (χ2n) is 24.1. The maximum atomic E-state index is 14.3. The Bertz CT molecular complexity index is 3950. The average Bonchev–Trinajstić information content (AvgIpc) is 1.72. The van der Waals surface area contributed by atoms with E-state index in [4.69, 9.17) is 57.0 Å². The quantitative estimate of drug-likeness (QED) is 0.0454. The number of nitrogens with zero attached hydrogens (tertiary/aromatic N) is 12. The van der Waals surface area contributed by atoms with Crippen molar-refractivity contribution in [3.05, 3.63) is 112 Å². The predicted molar refractivity (Wildman–Crippen MR) is 342 cm³/mol. The summed E-state index contributed by atoms with van der Waals surface area (Å²) in [5.41, 5.74) is 5.62. The molecule has 5 aliphatic heterocycles. The van der Waals surface area contributed by atoms with Crippen LogP contribution in [0.3, 0.4) is 0 Å².